The number of carbonyl (C=O) groups is 2. The lowest BCUT2D eigenvalue weighted by Gasteiger charge is -2.10. The quantitative estimate of drug-likeness (QED) is 0.875. The highest BCUT2D eigenvalue weighted by Crippen LogP contribution is 2.24. The molecule has 0 spiro atoms. The molecule has 6 heteroatoms. The van der Waals surface area contributed by atoms with Gasteiger partial charge in [0, 0.05) is 16.6 Å². The van der Waals surface area contributed by atoms with Crippen molar-refractivity contribution in [3.05, 3.63) is 33.8 Å². The molecule has 1 aromatic rings. The lowest BCUT2D eigenvalue weighted by atomic mass is 10.1. The minimum Gasteiger partial charge on any atom is -0.481 e. The molecule has 0 aromatic heterocycles. The summed E-state index contributed by atoms with van der Waals surface area (Å²) in [6.45, 7) is 1.60. The number of benzene rings is 1. The number of rotatable bonds is 5. The Balaban J connectivity index is 2.58. The van der Waals surface area contributed by atoms with E-state index in [0.717, 1.165) is 0 Å². The standard InChI is InChI=1S/C12H13Cl2NO3/c1-7(12(17)18)6-15-11(16)5-8-9(13)3-2-4-10(8)14/h2-4,7H,5-6H2,1H3,(H,15,16)(H,17,18). The second-order valence-electron chi connectivity index (χ2n) is 3.92. The van der Waals surface area contributed by atoms with E-state index in [1.165, 1.54) is 6.92 Å². The van der Waals surface area contributed by atoms with Gasteiger partial charge in [0.1, 0.15) is 0 Å². The third-order valence-electron chi connectivity index (χ3n) is 2.43. The average molecular weight is 290 g/mol. The van der Waals surface area contributed by atoms with Crippen molar-refractivity contribution in [2.24, 2.45) is 5.92 Å². The van der Waals surface area contributed by atoms with Gasteiger partial charge in [-0.3, -0.25) is 9.59 Å². The second-order valence-corrected chi connectivity index (χ2v) is 4.73. The van der Waals surface area contributed by atoms with Gasteiger partial charge in [0.2, 0.25) is 5.91 Å². The first-order valence-corrected chi connectivity index (χ1v) is 6.09. The largest absolute Gasteiger partial charge is 0.481 e. The number of hydrogen-bond donors (Lipinski definition) is 2. The Hall–Kier alpha value is -1.26. The predicted molar refractivity (Wildman–Crippen MR) is 70.0 cm³/mol. The molecule has 1 rings (SSSR count). The van der Waals surface area contributed by atoms with Crippen molar-refractivity contribution in [1.82, 2.24) is 5.32 Å². The molecule has 0 heterocycles. The van der Waals surface area contributed by atoms with Crippen molar-refractivity contribution in [1.29, 1.82) is 0 Å². The fourth-order valence-corrected chi connectivity index (χ4v) is 1.81. The van der Waals surface area contributed by atoms with Crippen molar-refractivity contribution < 1.29 is 14.7 Å². The molecule has 0 saturated carbocycles. The molecule has 0 bridgehead atoms. The highest BCUT2D eigenvalue weighted by atomic mass is 35.5. The number of nitrogens with one attached hydrogen (secondary N) is 1. The summed E-state index contributed by atoms with van der Waals surface area (Å²) in [5, 5.41) is 12.0. The van der Waals surface area contributed by atoms with Crippen LogP contribution in [0.4, 0.5) is 0 Å². The summed E-state index contributed by atoms with van der Waals surface area (Å²) in [4.78, 5) is 22.2. The van der Waals surface area contributed by atoms with Gasteiger partial charge in [-0.1, -0.05) is 36.2 Å². The summed E-state index contributed by atoms with van der Waals surface area (Å²) >= 11 is 11.9. The first-order chi connectivity index (χ1) is 8.41. The average Bonchev–Trinajstić information content (AvgIpc) is 2.30. The first kappa shape index (κ1) is 14.8. The van der Waals surface area contributed by atoms with Gasteiger partial charge in [-0.15, -0.1) is 0 Å². The zero-order chi connectivity index (χ0) is 13.7. The molecule has 0 radical (unpaired) electrons. The number of carbonyl (C=O) groups excluding carboxylic acids is 1. The van der Waals surface area contributed by atoms with E-state index in [-0.39, 0.29) is 18.9 Å². The number of amides is 1. The number of hydrogen-bond acceptors (Lipinski definition) is 2. The lowest BCUT2D eigenvalue weighted by molar-refractivity contribution is -0.141. The van der Waals surface area contributed by atoms with Crippen LogP contribution >= 0.6 is 23.2 Å². The molecule has 2 N–H and O–H groups in total. The summed E-state index contributed by atoms with van der Waals surface area (Å²) in [5.74, 6) is -1.89. The van der Waals surface area contributed by atoms with E-state index in [4.69, 9.17) is 28.3 Å². The Bertz CT molecular complexity index is 442. The first-order valence-electron chi connectivity index (χ1n) is 5.34. The van der Waals surface area contributed by atoms with E-state index in [1.54, 1.807) is 18.2 Å². The van der Waals surface area contributed by atoms with E-state index < -0.39 is 11.9 Å². The summed E-state index contributed by atoms with van der Waals surface area (Å²) in [5.41, 5.74) is 0.543. The Morgan fingerprint density at radius 2 is 1.89 bits per heavy atom. The monoisotopic (exact) mass is 289 g/mol. The van der Waals surface area contributed by atoms with E-state index in [2.05, 4.69) is 5.32 Å². The molecule has 0 fully saturated rings. The smallest absolute Gasteiger partial charge is 0.308 e. The SMILES string of the molecule is CC(CNC(=O)Cc1c(Cl)cccc1Cl)C(=O)O. The molecule has 0 aliphatic heterocycles. The molecule has 0 saturated heterocycles. The van der Waals surface area contributed by atoms with Gasteiger partial charge in [0.15, 0.2) is 0 Å². The van der Waals surface area contributed by atoms with Crippen molar-refractivity contribution in [3.8, 4) is 0 Å². The zero-order valence-corrected chi connectivity index (χ0v) is 11.3. The molecule has 1 unspecified atom stereocenters. The van der Waals surface area contributed by atoms with Gasteiger partial charge in [-0.05, 0) is 17.7 Å². The maximum atomic E-state index is 11.6. The number of carboxylic acids is 1. The molecule has 0 aliphatic rings. The Labute approximate surface area is 115 Å². The number of aliphatic carboxylic acids is 1. The van der Waals surface area contributed by atoms with E-state index in [9.17, 15) is 9.59 Å². The number of carboxylic acid groups (broad SMARTS) is 1. The second kappa shape index (κ2) is 6.61. The molecular formula is C12H13Cl2NO3. The third kappa shape index (κ3) is 4.20. The minimum atomic E-state index is -0.953. The molecule has 1 amide bonds. The van der Waals surface area contributed by atoms with Crippen molar-refractivity contribution >= 4 is 35.1 Å². The van der Waals surface area contributed by atoms with Crippen LogP contribution in [-0.4, -0.2) is 23.5 Å². The van der Waals surface area contributed by atoms with Gasteiger partial charge >= 0.3 is 5.97 Å². The van der Waals surface area contributed by atoms with Gasteiger partial charge in [0.25, 0.3) is 0 Å². The van der Waals surface area contributed by atoms with Crippen LogP contribution in [0.15, 0.2) is 18.2 Å². The molecular weight excluding hydrogens is 277 g/mol. The Morgan fingerprint density at radius 1 is 1.33 bits per heavy atom. The molecule has 18 heavy (non-hydrogen) atoms. The fourth-order valence-electron chi connectivity index (χ4n) is 1.28. The van der Waals surface area contributed by atoms with Crippen LogP contribution in [-0.2, 0) is 16.0 Å². The number of halogens is 2. The van der Waals surface area contributed by atoms with Gasteiger partial charge in [0.05, 0.1) is 12.3 Å². The minimum absolute atomic E-state index is 0.0326. The van der Waals surface area contributed by atoms with Crippen LogP contribution in [0, 0.1) is 5.92 Å². The predicted octanol–water partition coefficient (Wildman–Crippen LogP) is 2.37. The highest BCUT2D eigenvalue weighted by Gasteiger charge is 2.14. The topological polar surface area (TPSA) is 66.4 Å². The van der Waals surface area contributed by atoms with Crippen LogP contribution in [0.25, 0.3) is 0 Å². The Kier molecular flexibility index (Phi) is 5.44. The molecule has 0 aliphatic carbocycles. The maximum absolute atomic E-state index is 11.6. The van der Waals surface area contributed by atoms with Crippen LogP contribution in [0.1, 0.15) is 12.5 Å². The van der Waals surface area contributed by atoms with Crippen LogP contribution in [0.2, 0.25) is 10.0 Å². The molecule has 98 valence electrons. The summed E-state index contributed by atoms with van der Waals surface area (Å²) in [7, 11) is 0. The fraction of sp³-hybridized carbons (Fsp3) is 0.333. The summed E-state index contributed by atoms with van der Waals surface area (Å²) in [6, 6.07) is 4.99. The maximum Gasteiger partial charge on any atom is 0.308 e. The zero-order valence-electron chi connectivity index (χ0n) is 9.74. The molecule has 1 aromatic carbocycles. The van der Waals surface area contributed by atoms with Crippen molar-refractivity contribution in [2.45, 2.75) is 13.3 Å². The third-order valence-corrected chi connectivity index (χ3v) is 3.13. The Morgan fingerprint density at radius 3 is 2.39 bits per heavy atom. The van der Waals surface area contributed by atoms with Crippen LogP contribution in [0.3, 0.4) is 0 Å². The van der Waals surface area contributed by atoms with Crippen molar-refractivity contribution in [2.75, 3.05) is 6.54 Å². The summed E-state index contributed by atoms with van der Waals surface area (Å²) < 4.78 is 0. The molecule has 1 atom stereocenters. The van der Waals surface area contributed by atoms with Crippen LogP contribution in [0.5, 0.6) is 0 Å². The lowest BCUT2D eigenvalue weighted by Crippen LogP contribution is -2.32. The van der Waals surface area contributed by atoms with Gasteiger partial charge in [-0.2, -0.15) is 0 Å². The van der Waals surface area contributed by atoms with E-state index >= 15 is 0 Å². The summed E-state index contributed by atoms with van der Waals surface area (Å²) in [6.07, 6.45) is 0.0326. The highest BCUT2D eigenvalue weighted by molar-refractivity contribution is 6.36. The van der Waals surface area contributed by atoms with E-state index in [0.29, 0.717) is 15.6 Å². The van der Waals surface area contributed by atoms with Gasteiger partial charge < -0.3 is 10.4 Å². The van der Waals surface area contributed by atoms with E-state index in [1.807, 2.05) is 0 Å². The van der Waals surface area contributed by atoms with Crippen LogP contribution < -0.4 is 5.32 Å². The van der Waals surface area contributed by atoms with Crippen molar-refractivity contribution in [3.63, 3.8) is 0 Å². The van der Waals surface area contributed by atoms with Gasteiger partial charge in [-0.25, -0.2) is 0 Å². The normalized spacial score (nSPS) is 11.9. The molecule has 4 nitrogen and oxygen atoms in total.